The quantitative estimate of drug-likeness (QED) is 0.880. The highest BCUT2D eigenvalue weighted by molar-refractivity contribution is 7.92. The number of aryl methyl sites for hydroxylation is 2. The van der Waals surface area contributed by atoms with Crippen molar-refractivity contribution in [3.8, 4) is 0 Å². The molecule has 0 unspecified atom stereocenters. The largest absolute Gasteiger partial charge is 0.378 e. The molecule has 25 heavy (non-hydrogen) atoms. The van der Waals surface area contributed by atoms with Gasteiger partial charge in [0.25, 0.3) is 10.0 Å². The Kier molecular flexibility index (Phi) is 5.22. The Morgan fingerprint density at radius 2 is 1.84 bits per heavy atom. The van der Waals surface area contributed by atoms with E-state index in [9.17, 15) is 8.42 Å². The fourth-order valence-electron chi connectivity index (χ4n) is 3.01. The Bertz CT molecular complexity index is 878. The summed E-state index contributed by atoms with van der Waals surface area (Å²) in [5, 5.41) is 0.516. The molecule has 134 valence electrons. The Balaban J connectivity index is 1.98. The van der Waals surface area contributed by atoms with E-state index in [2.05, 4.69) is 4.72 Å². The molecule has 1 N–H and O–H groups in total. The van der Waals surface area contributed by atoms with Gasteiger partial charge in [-0.3, -0.25) is 4.72 Å². The van der Waals surface area contributed by atoms with Gasteiger partial charge in [0.1, 0.15) is 0 Å². The SMILES string of the molecule is Cc1ccc(S(=O)(=O)Nc2cccc(Cl)c2N2CCOCC2)c(C)c1. The zero-order chi connectivity index (χ0) is 18.0. The van der Waals surface area contributed by atoms with Crippen LogP contribution in [0, 0.1) is 13.8 Å². The summed E-state index contributed by atoms with van der Waals surface area (Å²) in [5.41, 5.74) is 2.91. The molecule has 0 aliphatic carbocycles. The fraction of sp³-hybridized carbons (Fsp3) is 0.333. The van der Waals surface area contributed by atoms with Crippen molar-refractivity contribution in [3.05, 3.63) is 52.5 Å². The van der Waals surface area contributed by atoms with E-state index < -0.39 is 10.0 Å². The van der Waals surface area contributed by atoms with Gasteiger partial charge in [-0.2, -0.15) is 0 Å². The molecule has 0 saturated carbocycles. The minimum Gasteiger partial charge on any atom is -0.378 e. The number of anilines is 2. The maximum Gasteiger partial charge on any atom is 0.262 e. The fourth-order valence-corrected chi connectivity index (χ4v) is 4.59. The van der Waals surface area contributed by atoms with Crippen molar-refractivity contribution in [1.29, 1.82) is 0 Å². The summed E-state index contributed by atoms with van der Waals surface area (Å²) in [6.45, 7) is 6.25. The lowest BCUT2D eigenvalue weighted by atomic mass is 10.2. The van der Waals surface area contributed by atoms with E-state index in [0.29, 0.717) is 48.3 Å². The van der Waals surface area contributed by atoms with Crippen molar-refractivity contribution in [1.82, 2.24) is 0 Å². The zero-order valence-electron chi connectivity index (χ0n) is 14.3. The first kappa shape index (κ1) is 18.0. The summed E-state index contributed by atoms with van der Waals surface area (Å²) in [5.74, 6) is 0. The number of rotatable bonds is 4. The predicted molar refractivity (Wildman–Crippen MR) is 101 cm³/mol. The summed E-state index contributed by atoms with van der Waals surface area (Å²) in [7, 11) is -3.71. The lowest BCUT2D eigenvalue weighted by Crippen LogP contribution is -2.37. The van der Waals surface area contributed by atoms with Gasteiger partial charge in [0.05, 0.1) is 34.5 Å². The summed E-state index contributed by atoms with van der Waals surface area (Å²) in [4.78, 5) is 2.32. The Hall–Kier alpha value is -1.76. The Labute approximate surface area is 153 Å². The average Bonchev–Trinajstić information content (AvgIpc) is 2.55. The maximum atomic E-state index is 12.9. The Morgan fingerprint density at radius 3 is 2.52 bits per heavy atom. The third-order valence-electron chi connectivity index (χ3n) is 4.18. The number of ether oxygens (including phenoxy) is 1. The highest BCUT2D eigenvalue weighted by Crippen LogP contribution is 2.36. The van der Waals surface area contributed by atoms with Crippen molar-refractivity contribution in [2.45, 2.75) is 18.7 Å². The maximum absolute atomic E-state index is 12.9. The van der Waals surface area contributed by atoms with Gasteiger partial charge in [0.15, 0.2) is 0 Å². The van der Waals surface area contributed by atoms with Crippen LogP contribution < -0.4 is 9.62 Å². The molecule has 5 nitrogen and oxygen atoms in total. The standard InChI is InChI=1S/C18H21ClN2O3S/c1-13-6-7-17(14(2)12-13)25(22,23)20-16-5-3-4-15(19)18(16)21-8-10-24-11-9-21/h3-7,12,20H,8-11H2,1-2H3. The van der Waals surface area contributed by atoms with E-state index >= 15 is 0 Å². The third kappa shape index (κ3) is 3.92. The number of nitrogens with one attached hydrogen (secondary N) is 1. The van der Waals surface area contributed by atoms with Crippen LogP contribution in [0.4, 0.5) is 11.4 Å². The van der Waals surface area contributed by atoms with E-state index in [4.69, 9.17) is 16.3 Å². The first-order valence-corrected chi connectivity index (χ1v) is 9.96. The number of halogens is 1. The first-order valence-electron chi connectivity index (χ1n) is 8.10. The minimum atomic E-state index is -3.71. The highest BCUT2D eigenvalue weighted by Gasteiger charge is 2.23. The van der Waals surface area contributed by atoms with Crippen molar-refractivity contribution >= 4 is 33.0 Å². The van der Waals surface area contributed by atoms with Gasteiger partial charge in [0, 0.05) is 13.1 Å². The lowest BCUT2D eigenvalue weighted by Gasteiger charge is -2.31. The van der Waals surface area contributed by atoms with Crippen LogP contribution in [0.25, 0.3) is 0 Å². The number of hydrogen-bond donors (Lipinski definition) is 1. The molecule has 1 aliphatic rings. The monoisotopic (exact) mass is 380 g/mol. The van der Waals surface area contributed by atoms with E-state index in [1.807, 2.05) is 17.9 Å². The van der Waals surface area contributed by atoms with Gasteiger partial charge in [-0.25, -0.2) is 8.42 Å². The van der Waals surface area contributed by atoms with Gasteiger partial charge in [-0.05, 0) is 37.6 Å². The molecule has 7 heteroatoms. The smallest absolute Gasteiger partial charge is 0.262 e. The molecule has 0 bridgehead atoms. The van der Waals surface area contributed by atoms with E-state index in [1.165, 1.54) is 0 Å². The summed E-state index contributed by atoms with van der Waals surface area (Å²) < 4.78 is 33.8. The van der Waals surface area contributed by atoms with Gasteiger partial charge in [-0.15, -0.1) is 0 Å². The van der Waals surface area contributed by atoms with Crippen LogP contribution >= 0.6 is 11.6 Å². The lowest BCUT2D eigenvalue weighted by molar-refractivity contribution is 0.123. The van der Waals surface area contributed by atoms with Gasteiger partial charge < -0.3 is 9.64 Å². The minimum absolute atomic E-state index is 0.269. The van der Waals surface area contributed by atoms with Crippen LogP contribution in [-0.2, 0) is 14.8 Å². The van der Waals surface area contributed by atoms with Crippen molar-refractivity contribution in [2.24, 2.45) is 0 Å². The molecule has 3 rings (SSSR count). The van der Waals surface area contributed by atoms with E-state index in [0.717, 1.165) is 5.56 Å². The molecule has 1 heterocycles. The number of nitrogens with zero attached hydrogens (tertiary/aromatic N) is 1. The van der Waals surface area contributed by atoms with Crippen molar-refractivity contribution in [2.75, 3.05) is 35.9 Å². The Morgan fingerprint density at radius 1 is 1.12 bits per heavy atom. The number of sulfonamides is 1. The van der Waals surface area contributed by atoms with Crippen LogP contribution in [-0.4, -0.2) is 34.7 Å². The number of hydrogen-bond acceptors (Lipinski definition) is 4. The summed E-state index contributed by atoms with van der Waals surface area (Å²) >= 11 is 6.37. The normalized spacial score (nSPS) is 15.2. The van der Waals surface area contributed by atoms with Crippen LogP contribution in [0.1, 0.15) is 11.1 Å². The van der Waals surface area contributed by atoms with Crippen LogP contribution in [0.2, 0.25) is 5.02 Å². The summed E-state index contributed by atoms with van der Waals surface area (Å²) in [6.07, 6.45) is 0. The van der Waals surface area contributed by atoms with Gasteiger partial charge in [-0.1, -0.05) is 35.4 Å². The van der Waals surface area contributed by atoms with E-state index in [1.54, 1.807) is 37.3 Å². The molecule has 2 aromatic carbocycles. The average molecular weight is 381 g/mol. The molecule has 1 fully saturated rings. The number of morpholine rings is 1. The predicted octanol–water partition coefficient (Wildman–Crippen LogP) is 3.59. The highest BCUT2D eigenvalue weighted by atomic mass is 35.5. The summed E-state index contributed by atoms with van der Waals surface area (Å²) in [6, 6.07) is 10.5. The molecule has 0 radical (unpaired) electrons. The topological polar surface area (TPSA) is 58.6 Å². The van der Waals surface area contributed by atoms with Crippen LogP contribution in [0.5, 0.6) is 0 Å². The number of para-hydroxylation sites is 1. The molecule has 0 aromatic heterocycles. The molecular weight excluding hydrogens is 360 g/mol. The third-order valence-corrected chi connectivity index (χ3v) is 6.01. The van der Waals surface area contributed by atoms with Gasteiger partial charge >= 0.3 is 0 Å². The second-order valence-corrected chi connectivity index (χ2v) is 8.17. The molecule has 0 spiro atoms. The molecule has 1 aliphatic heterocycles. The first-order chi connectivity index (χ1) is 11.9. The number of benzene rings is 2. The van der Waals surface area contributed by atoms with Crippen molar-refractivity contribution in [3.63, 3.8) is 0 Å². The van der Waals surface area contributed by atoms with Crippen molar-refractivity contribution < 1.29 is 13.2 Å². The zero-order valence-corrected chi connectivity index (χ0v) is 15.8. The van der Waals surface area contributed by atoms with Gasteiger partial charge in [0.2, 0.25) is 0 Å². The second-order valence-electron chi connectivity index (χ2n) is 6.11. The van der Waals surface area contributed by atoms with Crippen LogP contribution in [0.3, 0.4) is 0 Å². The second kappa shape index (κ2) is 7.23. The molecule has 1 saturated heterocycles. The molecule has 0 atom stereocenters. The van der Waals surface area contributed by atoms with E-state index in [-0.39, 0.29) is 4.90 Å². The molecular formula is C18H21ClN2O3S. The van der Waals surface area contributed by atoms with Crippen LogP contribution in [0.15, 0.2) is 41.3 Å². The molecule has 0 amide bonds. The molecule has 2 aromatic rings.